The van der Waals surface area contributed by atoms with Crippen molar-refractivity contribution in [2.75, 3.05) is 7.11 Å². The number of hydrogen-bond acceptors (Lipinski definition) is 8. The van der Waals surface area contributed by atoms with Crippen molar-refractivity contribution >= 4 is 23.8 Å². The predicted molar refractivity (Wildman–Crippen MR) is 98.1 cm³/mol. The molecule has 146 valence electrons. The van der Waals surface area contributed by atoms with Gasteiger partial charge >= 0.3 is 11.7 Å². The van der Waals surface area contributed by atoms with Gasteiger partial charge < -0.3 is 14.6 Å². The molecular formula is C18H17N3O7. The van der Waals surface area contributed by atoms with E-state index in [0.29, 0.717) is 5.56 Å². The number of carbonyl (C=O) groups is 2. The quantitative estimate of drug-likeness (QED) is 0.242. The van der Waals surface area contributed by atoms with Crippen LogP contribution in [0, 0.1) is 10.1 Å². The number of ether oxygens (including phenoxy) is 2. The van der Waals surface area contributed by atoms with Crippen LogP contribution in [0.3, 0.4) is 0 Å². The second-order valence-electron chi connectivity index (χ2n) is 5.43. The Hall–Kier alpha value is -3.79. The minimum Gasteiger partial charge on any atom is -0.488 e. The first kappa shape index (κ1) is 20.5. The van der Waals surface area contributed by atoms with Crippen LogP contribution in [0.2, 0.25) is 0 Å². The van der Waals surface area contributed by atoms with Crippen LogP contribution in [0.1, 0.15) is 24.2 Å². The standard InChI is InChI=1S/C18H17N3O7/c1-11(22)28-14-9-8-13(15(21(25)26)17(14)27-2)10-19-20-18(24)16(23)12-6-4-3-5-7-12/h3-10,16,23H,1-2H3,(H,20,24)/b19-10-/t16-/m1/s1. The summed E-state index contributed by atoms with van der Waals surface area (Å²) in [6.07, 6.45) is -0.428. The van der Waals surface area contributed by atoms with Crippen LogP contribution in [-0.2, 0) is 9.59 Å². The number of nitro benzene ring substituents is 1. The first-order valence-corrected chi connectivity index (χ1v) is 7.95. The van der Waals surface area contributed by atoms with E-state index in [1.807, 2.05) is 0 Å². The third-order valence-corrected chi connectivity index (χ3v) is 3.51. The van der Waals surface area contributed by atoms with Gasteiger partial charge in [-0.1, -0.05) is 30.3 Å². The Morgan fingerprint density at radius 1 is 1.25 bits per heavy atom. The lowest BCUT2D eigenvalue weighted by molar-refractivity contribution is -0.385. The van der Waals surface area contributed by atoms with Crippen molar-refractivity contribution < 1.29 is 29.1 Å². The number of aliphatic hydroxyl groups excluding tert-OH is 1. The monoisotopic (exact) mass is 387 g/mol. The van der Waals surface area contributed by atoms with E-state index in [9.17, 15) is 24.8 Å². The summed E-state index contributed by atoms with van der Waals surface area (Å²) in [5.74, 6) is -1.87. The maximum atomic E-state index is 12.0. The van der Waals surface area contributed by atoms with Crippen LogP contribution >= 0.6 is 0 Å². The van der Waals surface area contributed by atoms with Crippen LogP contribution in [0.5, 0.6) is 11.5 Å². The molecule has 0 aliphatic rings. The average Bonchev–Trinajstić information content (AvgIpc) is 2.67. The average molecular weight is 387 g/mol. The minimum atomic E-state index is -1.45. The summed E-state index contributed by atoms with van der Waals surface area (Å²) >= 11 is 0. The minimum absolute atomic E-state index is 0.00717. The number of hydrazone groups is 1. The Labute approximate surface area is 159 Å². The van der Waals surface area contributed by atoms with Crippen molar-refractivity contribution in [1.82, 2.24) is 5.43 Å². The number of nitrogens with one attached hydrogen (secondary N) is 1. The van der Waals surface area contributed by atoms with E-state index in [1.54, 1.807) is 30.3 Å². The van der Waals surface area contributed by atoms with Crippen LogP contribution in [0.15, 0.2) is 47.6 Å². The van der Waals surface area contributed by atoms with Crippen molar-refractivity contribution in [3.8, 4) is 11.5 Å². The van der Waals surface area contributed by atoms with Gasteiger partial charge in [-0.3, -0.25) is 19.7 Å². The highest BCUT2D eigenvalue weighted by molar-refractivity contribution is 5.90. The normalized spacial score (nSPS) is 11.7. The van der Waals surface area contributed by atoms with Gasteiger partial charge in [0.1, 0.15) is 0 Å². The Bertz CT molecular complexity index is 913. The largest absolute Gasteiger partial charge is 0.488 e. The molecule has 0 aliphatic heterocycles. The third kappa shape index (κ3) is 4.89. The lowest BCUT2D eigenvalue weighted by Crippen LogP contribution is -2.25. The Balaban J connectivity index is 2.24. The second-order valence-corrected chi connectivity index (χ2v) is 5.43. The number of amides is 1. The number of benzene rings is 2. The molecule has 0 saturated heterocycles. The number of rotatable bonds is 7. The zero-order valence-corrected chi connectivity index (χ0v) is 15.0. The Morgan fingerprint density at radius 2 is 1.93 bits per heavy atom. The van der Waals surface area contributed by atoms with Gasteiger partial charge in [0.15, 0.2) is 11.9 Å². The number of aliphatic hydroxyl groups is 1. The van der Waals surface area contributed by atoms with E-state index in [1.165, 1.54) is 19.2 Å². The van der Waals surface area contributed by atoms with Crippen molar-refractivity contribution in [1.29, 1.82) is 0 Å². The summed E-state index contributed by atoms with van der Waals surface area (Å²) in [6, 6.07) is 10.8. The molecule has 0 saturated carbocycles. The van der Waals surface area contributed by atoms with Crippen molar-refractivity contribution in [3.05, 3.63) is 63.7 Å². The lowest BCUT2D eigenvalue weighted by atomic mass is 10.1. The smallest absolute Gasteiger partial charge is 0.323 e. The van der Waals surface area contributed by atoms with Crippen LogP contribution in [0.4, 0.5) is 5.69 Å². The number of nitro groups is 1. The van der Waals surface area contributed by atoms with Gasteiger partial charge in [0, 0.05) is 6.92 Å². The molecule has 0 spiro atoms. The second kappa shape index (κ2) is 9.24. The Morgan fingerprint density at radius 3 is 2.50 bits per heavy atom. The van der Waals surface area contributed by atoms with Crippen LogP contribution < -0.4 is 14.9 Å². The molecule has 2 rings (SSSR count). The van der Waals surface area contributed by atoms with Crippen molar-refractivity contribution in [2.45, 2.75) is 13.0 Å². The Kier molecular flexibility index (Phi) is 6.77. The van der Waals surface area contributed by atoms with E-state index < -0.39 is 28.6 Å². The summed E-state index contributed by atoms with van der Waals surface area (Å²) in [4.78, 5) is 33.8. The summed E-state index contributed by atoms with van der Waals surface area (Å²) in [6.45, 7) is 1.15. The summed E-state index contributed by atoms with van der Waals surface area (Å²) in [5, 5.41) is 25.0. The summed E-state index contributed by atoms with van der Waals surface area (Å²) in [7, 11) is 1.19. The van der Waals surface area contributed by atoms with Gasteiger partial charge in [-0.05, 0) is 17.7 Å². The highest BCUT2D eigenvalue weighted by atomic mass is 16.6. The third-order valence-electron chi connectivity index (χ3n) is 3.51. The van der Waals surface area contributed by atoms with Crippen LogP contribution in [-0.4, -0.2) is 35.2 Å². The van der Waals surface area contributed by atoms with Crippen molar-refractivity contribution in [3.63, 3.8) is 0 Å². The predicted octanol–water partition coefficient (Wildman–Crippen LogP) is 1.71. The first-order valence-electron chi connectivity index (χ1n) is 7.95. The van der Waals surface area contributed by atoms with Gasteiger partial charge in [-0.15, -0.1) is 0 Å². The van der Waals surface area contributed by atoms with E-state index in [-0.39, 0.29) is 17.1 Å². The molecule has 1 atom stereocenters. The fourth-order valence-corrected chi connectivity index (χ4v) is 2.31. The molecule has 0 heterocycles. The molecule has 0 aromatic heterocycles. The molecule has 2 N–H and O–H groups in total. The van der Waals surface area contributed by atoms with E-state index in [0.717, 1.165) is 13.1 Å². The highest BCUT2D eigenvalue weighted by Gasteiger charge is 2.25. The molecule has 2 aromatic carbocycles. The highest BCUT2D eigenvalue weighted by Crippen LogP contribution is 2.39. The number of hydrogen-bond donors (Lipinski definition) is 2. The number of esters is 1. The van der Waals surface area contributed by atoms with Crippen molar-refractivity contribution in [2.24, 2.45) is 5.10 Å². The zero-order valence-electron chi connectivity index (χ0n) is 15.0. The first-order chi connectivity index (χ1) is 13.3. The van der Waals surface area contributed by atoms with Gasteiger partial charge in [-0.25, -0.2) is 5.43 Å². The molecular weight excluding hydrogens is 370 g/mol. The summed E-state index contributed by atoms with van der Waals surface area (Å²) < 4.78 is 9.88. The number of carbonyl (C=O) groups excluding carboxylic acids is 2. The molecule has 0 bridgehead atoms. The van der Waals surface area contributed by atoms with Gasteiger partial charge in [-0.2, -0.15) is 5.10 Å². The topological polar surface area (TPSA) is 140 Å². The molecule has 28 heavy (non-hydrogen) atoms. The maximum absolute atomic E-state index is 12.0. The number of nitrogens with zero attached hydrogens (tertiary/aromatic N) is 2. The molecule has 2 aromatic rings. The fraction of sp³-hybridized carbons (Fsp3) is 0.167. The van der Waals surface area contributed by atoms with Gasteiger partial charge in [0.2, 0.25) is 5.75 Å². The van der Waals surface area contributed by atoms with E-state index in [2.05, 4.69) is 10.5 Å². The molecule has 0 aliphatic carbocycles. The summed E-state index contributed by atoms with van der Waals surface area (Å²) in [5.41, 5.74) is 1.98. The molecule has 0 fully saturated rings. The number of methoxy groups -OCH3 is 1. The van der Waals surface area contributed by atoms with E-state index >= 15 is 0 Å². The van der Waals surface area contributed by atoms with Gasteiger partial charge in [0.25, 0.3) is 5.91 Å². The van der Waals surface area contributed by atoms with Gasteiger partial charge in [0.05, 0.1) is 23.8 Å². The molecule has 10 nitrogen and oxygen atoms in total. The SMILES string of the molecule is COc1c(OC(C)=O)ccc(/C=N\NC(=O)[C@H](O)c2ccccc2)c1[N+](=O)[O-]. The fourth-order valence-electron chi connectivity index (χ4n) is 2.31. The molecule has 0 radical (unpaired) electrons. The molecule has 10 heteroatoms. The zero-order chi connectivity index (χ0) is 20.7. The lowest BCUT2D eigenvalue weighted by Gasteiger charge is -2.10. The molecule has 0 unspecified atom stereocenters. The maximum Gasteiger partial charge on any atom is 0.323 e. The van der Waals surface area contributed by atoms with E-state index in [4.69, 9.17) is 9.47 Å². The molecule has 1 amide bonds. The van der Waals surface area contributed by atoms with Crippen LogP contribution in [0.25, 0.3) is 0 Å².